The normalized spacial score (nSPS) is 11.4. The van der Waals surface area contributed by atoms with E-state index in [1.54, 1.807) is 12.4 Å². The number of benzene rings is 3. The van der Waals surface area contributed by atoms with E-state index in [4.69, 9.17) is 23.2 Å². The fraction of sp³-hybridized carbons (Fsp3) is 0. The van der Waals surface area contributed by atoms with Crippen molar-refractivity contribution < 1.29 is 0 Å². The summed E-state index contributed by atoms with van der Waals surface area (Å²) in [5.74, 6) is 1.05. The van der Waals surface area contributed by atoms with Gasteiger partial charge in [-0.2, -0.15) is 10.2 Å². The van der Waals surface area contributed by atoms with Crippen LogP contribution in [-0.2, 0) is 0 Å². The van der Waals surface area contributed by atoms with E-state index >= 15 is 0 Å². The second-order valence-corrected chi connectivity index (χ2v) is 7.04. The maximum absolute atomic E-state index is 6.15. The third-order valence-corrected chi connectivity index (χ3v) is 4.93. The summed E-state index contributed by atoms with van der Waals surface area (Å²) in [6, 6.07) is 22.6. The molecule has 2 N–H and O–H groups in total. The Bertz CT molecular complexity index is 1140. The lowest BCUT2D eigenvalue weighted by atomic mass is 10.2. The predicted octanol–water partition coefficient (Wildman–Crippen LogP) is 5.83. The van der Waals surface area contributed by atoms with Crippen LogP contribution in [0.25, 0.3) is 10.8 Å². The minimum Gasteiger partial charge on any atom is -0.259 e. The number of halogens is 2. The Morgan fingerprint density at radius 3 is 1.43 bits per heavy atom. The fourth-order valence-corrected chi connectivity index (χ4v) is 3.12. The first-order chi connectivity index (χ1) is 14.7. The molecule has 30 heavy (non-hydrogen) atoms. The molecule has 0 unspecified atom stereocenters. The smallest absolute Gasteiger partial charge is 0.176 e. The molecule has 0 aliphatic rings. The van der Waals surface area contributed by atoms with Crippen molar-refractivity contribution in [2.75, 3.05) is 10.9 Å². The molecule has 6 nitrogen and oxygen atoms in total. The molecular formula is C22H16Cl2N6. The molecule has 0 radical (unpaired) electrons. The lowest BCUT2D eigenvalue weighted by Crippen LogP contribution is -2.01. The van der Waals surface area contributed by atoms with Crippen molar-refractivity contribution in [3.05, 3.63) is 94.0 Å². The van der Waals surface area contributed by atoms with E-state index in [9.17, 15) is 0 Å². The van der Waals surface area contributed by atoms with Crippen LogP contribution in [0.4, 0.5) is 11.6 Å². The summed E-state index contributed by atoms with van der Waals surface area (Å²) in [7, 11) is 0. The molecule has 0 fully saturated rings. The van der Waals surface area contributed by atoms with Crippen LogP contribution >= 0.6 is 23.2 Å². The minimum absolute atomic E-state index is 0.523. The van der Waals surface area contributed by atoms with Crippen LogP contribution in [0.3, 0.4) is 0 Å². The minimum atomic E-state index is 0.523. The van der Waals surface area contributed by atoms with Crippen molar-refractivity contribution in [2.45, 2.75) is 0 Å². The van der Waals surface area contributed by atoms with Gasteiger partial charge in [-0.1, -0.05) is 83.9 Å². The summed E-state index contributed by atoms with van der Waals surface area (Å²) >= 11 is 12.3. The second-order valence-electron chi connectivity index (χ2n) is 6.23. The Kier molecular flexibility index (Phi) is 6.17. The first-order valence-corrected chi connectivity index (χ1v) is 9.80. The highest BCUT2D eigenvalue weighted by atomic mass is 35.5. The van der Waals surface area contributed by atoms with Crippen molar-refractivity contribution >= 4 is 58.0 Å². The van der Waals surface area contributed by atoms with E-state index in [0.29, 0.717) is 21.7 Å². The van der Waals surface area contributed by atoms with Gasteiger partial charge in [0, 0.05) is 31.9 Å². The van der Waals surface area contributed by atoms with Gasteiger partial charge in [0.25, 0.3) is 0 Å². The van der Waals surface area contributed by atoms with Gasteiger partial charge in [-0.05, 0) is 12.1 Å². The van der Waals surface area contributed by atoms with Gasteiger partial charge in [0.15, 0.2) is 11.6 Å². The molecule has 148 valence electrons. The zero-order valence-electron chi connectivity index (χ0n) is 15.6. The SMILES string of the molecule is Clc1ccccc1C=NNc1nnc(NN=Cc2ccccc2Cl)c2ccccc12. The Morgan fingerprint density at radius 1 is 0.600 bits per heavy atom. The number of hydrogen-bond donors (Lipinski definition) is 2. The van der Waals surface area contributed by atoms with E-state index in [1.807, 2.05) is 72.8 Å². The summed E-state index contributed by atoms with van der Waals surface area (Å²) in [6.07, 6.45) is 3.28. The van der Waals surface area contributed by atoms with E-state index in [1.165, 1.54) is 0 Å². The first-order valence-electron chi connectivity index (χ1n) is 9.05. The number of hydrazone groups is 2. The highest BCUT2D eigenvalue weighted by Crippen LogP contribution is 2.26. The Hall–Kier alpha value is -3.48. The molecule has 0 spiro atoms. The highest BCUT2D eigenvalue weighted by molar-refractivity contribution is 6.33. The van der Waals surface area contributed by atoms with E-state index in [2.05, 4.69) is 31.3 Å². The molecule has 0 aliphatic heterocycles. The van der Waals surface area contributed by atoms with E-state index in [-0.39, 0.29) is 0 Å². The number of rotatable bonds is 6. The van der Waals surface area contributed by atoms with E-state index in [0.717, 1.165) is 21.9 Å². The average molecular weight is 435 g/mol. The average Bonchev–Trinajstić information content (AvgIpc) is 2.77. The summed E-state index contributed by atoms with van der Waals surface area (Å²) in [4.78, 5) is 0. The van der Waals surface area contributed by atoms with E-state index < -0.39 is 0 Å². The molecule has 0 bridgehead atoms. The van der Waals surface area contributed by atoms with Crippen molar-refractivity contribution in [3.63, 3.8) is 0 Å². The van der Waals surface area contributed by atoms with Crippen molar-refractivity contribution in [1.82, 2.24) is 10.2 Å². The largest absolute Gasteiger partial charge is 0.259 e. The van der Waals surface area contributed by atoms with Gasteiger partial charge in [0.05, 0.1) is 12.4 Å². The molecule has 0 saturated carbocycles. The van der Waals surface area contributed by atoms with Crippen LogP contribution in [0.15, 0.2) is 83.0 Å². The standard InChI is InChI=1S/C22H16Cl2N6/c23-19-11-5-1-7-15(19)13-25-27-21-17-9-3-4-10-18(17)22(30-29-21)28-26-14-16-8-2-6-12-20(16)24/h1-14H,(H,27,29)(H,28,30). The molecular weight excluding hydrogens is 419 g/mol. The predicted molar refractivity (Wildman–Crippen MR) is 125 cm³/mol. The van der Waals surface area contributed by atoms with Crippen molar-refractivity contribution in [1.29, 1.82) is 0 Å². The monoisotopic (exact) mass is 434 g/mol. The van der Waals surface area contributed by atoms with Gasteiger partial charge in [-0.25, -0.2) is 0 Å². The van der Waals surface area contributed by atoms with Crippen LogP contribution in [0.2, 0.25) is 10.0 Å². The number of nitrogens with zero attached hydrogens (tertiary/aromatic N) is 4. The number of hydrogen-bond acceptors (Lipinski definition) is 6. The quantitative estimate of drug-likeness (QED) is 0.295. The lowest BCUT2D eigenvalue weighted by molar-refractivity contribution is 1.03. The highest BCUT2D eigenvalue weighted by Gasteiger charge is 2.08. The van der Waals surface area contributed by atoms with Gasteiger partial charge in [0.1, 0.15) is 0 Å². The third kappa shape index (κ3) is 4.56. The fourth-order valence-electron chi connectivity index (χ4n) is 2.75. The summed E-state index contributed by atoms with van der Waals surface area (Å²) in [6.45, 7) is 0. The second kappa shape index (κ2) is 9.35. The lowest BCUT2D eigenvalue weighted by Gasteiger charge is -2.08. The summed E-state index contributed by atoms with van der Waals surface area (Å²) in [5.41, 5.74) is 7.47. The van der Waals surface area contributed by atoms with Crippen LogP contribution in [0, 0.1) is 0 Å². The number of fused-ring (bicyclic) bond motifs is 1. The first kappa shape index (κ1) is 19.8. The van der Waals surface area contributed by atoms with Gasteiger partial charge in [0.2, 0.25) is 0 Å². The molecule has 4 aromatic rings. The Morgan fingerprint density at radius 2 is 1.00 bits per heavy atom. The molecule has 8 heteroatoms. The van der Waals surface area contributed by atoms with Crippen LogP contribution in [0.1, 0.15) is 11.1 Å². The number of nitrogens with one attached hydrogen (secondary N) is 2. The Labute approximate surface area is 183 Å². The summed E-state index contributed by atoms with van der Waals surface area (Å²) < 4.78 is 0. The zero-order chi connectivity index (χ0) is 20.8. The maximum atomic E-state index is 6.15. The molecule has 3 aromatic carbocycles. The number of anilines is 2. The summed E-state index contributed by atoms with van der Waals surface area (Å²) in [5, 5.41) is 19.9. The van der Waals surface area contributed by atoms with Crippen molar-refractivity contribution in [3.8, 4) is 0 Å². The van der Waals surface area contributed by atoms with Gasteiger partial charge < -0.3 is 0 Å². The molecule has 0 saturated heterocycles. The zero-order valence-corrected chi connectivity index (χ0v) is 17.1. The molecule has 1 heterocycles. The van der Waals surface area contributed by atoms with Crippen LogP contribution < -0.4 is 10.9 Å². The maximum Gasteiger partial charge on any atom is 0.176 e. The van der Waals surface area contributed by atoms with Crippen LogP contribution in [0.5, 0.6) is 0 Å². The topological polar surface area (TPSA) is 74.6 Å². The van der Waals surface area contributed by atoms with Gasteiger partial charge in [-0.3, -0.25) is 10.9 Å². The number of aromatic nitrogens is 2. The van der Waals surface area contributed by atoms with Gasteiger partial charge in [-0.15, -0.1) is 10.2 Å². The third-order valence-electron chi connectivity index (χ3n) is 4.25. The molecule has 0 amide bonds. The molecule has 0 aliphatic carbocycles. The molecule has 0 atom stereocenters. The Balaban J connectivity index is 1.56. The van der Waals surface area contributed by atoms with Crippen LogP contribution in [-0.4, -0.2) is 22.6 Å². The van der Waals surface area contributed by atoms with Gasteiger partial charge >= 0.3 is 0 Å². The molecule has 1 aromatic heterocycles. The molecule has 4 rings (SSSR count). The van der Waals surface area contributed by atoms with Crippen molar-refractivity contribution in [2.24, 2.45) is 10.2 Å².